The smallest absolute Gasteiger partial charge is 0.258 e. The van der Waals surface area contributed by atoms with Crippen molar-refractivity contribution in [1.29, 1.82) is 5.26 Å². The molecular weight excluding hydrogens is 304 g/mol. The lowest BCUT2D eigenvalue weighted by Gasteiger charge is -2.10. The molecule has 120 valence electrons. The Labute approximate surface area is 140 Å². The molecule has 1 amide bonds. The molecular formula is C19H16N2O3. The van der Waals surface area contributed by atoms with Crippen LogP contribution in [0.1, 0.15) is 11.1 Å². The predicted molar refractivity (Wildman–Crippen MR) is 89.5 cm³/mol. The van der Waals surface area contributed by atoms with Crippen LogP contribution in [0.3, 0.4) is 0 Å². The van der Waals surface area contributed by atoms with Crippen molar-refractivity contribution in [3.63, 3.8) is 0 Å². The molecule has 2 rings (SSSR count). The summed E-state index contributed by atoms with van der Waals surface area (Å²) in [5.74, 6) is 6.34. The van der Waals surface area contributed by atoms with Gasteiger partial charge in [0, 0.05) is 11.6 Å². The lowest BCUT2D eigenvalue weighted by molar-refractivity contribution is -0.122. The number of benzene rings is 2. The Hall–Kier alpha value is -3.44. The van der Waals surface area contributed by atoms with E-state index < -0.39 is 0 Å². The summed E-state index contributed by atoms with van der Waals surface area (Å²) in [7, 11) is 1.47. The standard InChI is InChI=1S/C19H16N2O3/c1-23-18-12-16(13-20)9-10-17(18)24-14-19(22)21-11-5-8-15-6-3-2-4-7-15/h2-4,6-7,9-10,12H,11,14H2,1H3,(H,21,22). The van der Waals surface area contributed by atoms with Gasteiger partial charge in [-0.2, -0.15) is 5.26 Å². The number of hydrogen-bond donors (Lipinski definition) is 1. The zero-order valence-corrected chi connectivity index (χ0v) is 13.2. The molecule has 0 heterocycles. The van der Waals surface area contributed by atoms with E-state index >= 15 is 0 Å². The Morgan fingerprint density at radius 2 is 1.92 bits per heavy atom. The van der Waals surface area contributed by atoms with Crippen LogP contribution in [0.2, 0.25) is 0 Å². The fraction of sp³-hybridized carbons (Fsp3) is 0.158. The van der Waals surface area contributed by atoms with Gasteiger partial charge in [0.1, 0.15) is 0 Å². The minimum atomic E-state index is -0.288. The van der Waals surface area contributed by atoms with Crippen LogP contribution in [0.5, 0.6) is 11.5 Å². The first kappa shape index (κ1) is 16.9. The lowest BCUT2D eigenvalue weighted by Crippen LogP contribution is -2.29. The van der Waals surface area contributed by atoms with Crippen molar-refractivity contribution in [2.75, 3.05) is 20.3 Å². The molecule has 2 aromatic rings. The molecule has 0 aliphatic carbocycles. The number of nitrogens with one attached hydrogen (secondary N) is 1. The number of carbonyl (C=O) groups is 1. The van der Waals surface area contributed by atoms with Gasteiger partial charge in [0.15, 0.2) is 18.1 Å². The number of nitriles is 1. The third kappa shape index (κ3) is 5.08. The molecule has 5 heteroatoms. The van der Waals surface area contributed by atoms with Crippen LogP contribution in [0.4, 0.5) is 0 Å². The molecule has 5 nitrogen and oxygen atoms in total. The normalized spacial score (nSPS) is 9.17. The fourth-order valence-electron chi connectivity index (χ4n) is 1.86. The number of nitrogens with zero attached hydrogens (tertiary/aromatic N) is 1. The summed E-state index contributed by atoms with van der Waals surface area (Å²) >= 11 is 0. The molecule has 24 heavy (non-hydrogen) atoms. The average molecular weight is 320 g/mol. The van der Waals surface area contributed by atoms with E-state index in [2.05, 4.69) is 17.2 Å². The van der Waals surface area contributed by atoms with Crippen LogP contribution in [-0.2, 0) is 4.79 Å². The summed E-state index contributed by atoms with van der Waals surface area (Å²) in [6.07, 6.45) is 0. The van der Waals surface area contributed by atoms with E-state index in [1.54, 1.807) is 18.2 Å². The minimum Gasteiger partial charge on any atom is -0.493 e. The summed E-state index contributed by atoms with van der Waals surface area (Å²) in [6.45, 7) is 0.0802. The second-order valence-electron chi connectivity index (χ2n) is 4.71. The van der Waals surface area contributed by atoms with Crippen LogP contribution in [0, 0.1) is 23.2 Å². The Morgan fingerprint density at radius 3 is 2.62 bits per heavy atom. The molecule has 0 saturated heterocycles. The van der Waals surface area contributed by atoms with Gasteiger partial charge in [-0.25, -0.2) is 0 Å². The molecule has 0 radical (unpaired) electrons. The highest BCUT2D eigenvalue weighted by Gasteiger charge is 2.08. The summed E-state index contributed by atoms with van der Waals surface area (Å²) in [5, 5.41) is 11.5. The molecule has 0 fully saturated rings. The zero-order chi connectivity index (χ0) is 17.2. The van der Waals surface area contributed by atoms with Gasteiger partial charge in [-0.1, -0.05) is 30.0 Å². The van der Waals surface area contributed by atoms with Gasteiger partial charge >= 0.3 is 0 Å². The van der Waals surface area contributed by atoms with Crippen molar-refractivity contribution in [1.82, 2.24) is 5.32 Å². The second-order valence-corrected chi connectivity index (χ2v) is 4.71. The maximum atomic E-state index is 11.8. The average Bonchev–Trinajstić information content (AvgIpc) is 2.64. The molecule has 2 aromatic carbocycles. The van der Waals surface area contributed by atoms with E-state index in [1.165, 1.54) is 7.11 Å². The molecule has 0 spiro atoms. The monoisotopic (exact) mass is 320 g/mol. The quantitative estimate of drug-likeness (QED) is 0.857. The topological polar surface area (TPSA) is 71.3 Å². The van der Waals surface area contributed by atoms with Crippen molar-refractivity contribution in [3.05, 3.63) is 59.7 Å². The number of methoxy groups -OCH3 is 1. The summed E-state index contributed by atoms with van der Waals surface area (Å²) < 4.78 is 10.5. The number of amides is 1. The fourth-order valence-corrected chi connectivity index (χ4v) is 1.86. The van der Waals surface area contributed by atoms with Gasteiger partial charge < -0.3 is 14.8 Å². The molecule has 0 aliphatic heterocycles. The van der Waals surface area contributed by atoms with Crippen molar-refractivity contribution in [3.8, 4) is 29.4 Å². The van der Waals surface area contributed by atoms with Gasteiger partial charge in [0.2, 0.25) is 0 Å². The third-order valence-corrected chi connectivity index (χ3v) is 3.03. The first-order chi connectivity index (χ1) is 11.7. The van der Waals surface area contributed by atoms with E-state index in [1.807, 2.05) is 36.4 Å². The van der Waals surface area contributed by atoms with Crippen LogP contribution < -0.4 is 14.8 Å². The van der Waals surface area contributed by atoms with E-state index in [-0.39, 0.29) is 19.1 Å². The maximum absolute atomic E-state index is 11.8. The minimum absolute atomic E-state index is 0.157. The SMILES string of the molecule is COc1cc(C#N)ccc1OCC(=O)NCC#Cc1ccccc1. The van der Waals surface area contributed by atoms with Crippen LogP contribution in [0.25, 0.3) is 0 Å². The van der Waals surface area contributed by atoms with E-state index in [9.17, 15) is 4.79 Å². The summed E-state index contributed by atoms with van der Waals surface area (Å²) in [4.78, 5) is 11.8. The molecule has 0 unspecified atom stereocenters. The largest absolute Gasteiger partial charge is 0.493 e. The van der Waals surface area contributed by atoms with Crippen LogP contribution in [0.15, 0.2) is 48.5 Å². The number of rotatable bonds is 5. The number of hydrogen-bond acceptors (Lipinski definition) is 4. The summed E-state index contributed by atoms with van der Waals surface area (Å²) in [5.41, 5.74) is 1.35. The molecule has 0 aromatic heterocycles. The third-order valence-electron chi connectivity index (χ3n) is 3.03. The van der Waals surface area contributed by atoms with Crippen LogP contribution >= 0.6 is 0 Å². The Bertz CT molecular complexity index is 799. The molecule has 0 atom stereocenters. The first-order valence-corrected chi connectivity index (χ1v) is 7.24. The highest BCUT2D eigenvalue weighted by molar-refractivity contribution is 5.77. The second kappa shape index (κ2) is 8.87. The van der Waals surface area contributed by atoms with Gasteiger partial charge in [-0.05, 0) is 24.3 Å². The van der Waals surface area contributed by atoms with E-state index in [4.69, 9.17) is 14.7 Å². The van der Waals surface area contributed by atoms with Crippen LogP contribution in [-0.4, -0.2) is 26.2 Å². The van der Waals surface area contributed by atoms with Crippen molar-refractivity contribution < 1.29 is 14.3 Å². The predicted octanol–water partition coefficient (Wildman–Crippen LogP) is 2.11. The zero-order valence-electron chi connectivity index (χ0n) is 13.2. The summed E-state index contributed by atoms with van der Waals surface area (Å²) in [6, 6.07) is 16.3. The molecule has 0 aliphatic rings. The maximum Gasteiger partial charge on any atom is 0.258 e. The van der Waals surface area contributed by atoms with Gasteiger partial charge in [-0.15, -0.1) is 0 Å². The Kier molecular flexibility index (Phi) is 6.25. The van der Waals surface area contributed by atoms with E-state index in [0.29, 0.717) is 17.1 Å². The molecule has 0 bridgehead atoms. The number of ether oxygens (including phenoxy) is 2. The van der Waals surface area contributed by atoms with E-state index in [0.717, 1.165) is 5.56 Å². The highest BCUT2D eigenvalue weighted by Crippen LogP contribution is 2.27. The Morgan fingerprint density at radius 1 is 1.12 bits per heavy atom. The molecule has 1 N–H and O–H groups in total. The molecule has 0 saturated carbocycles. The first-order valence-electron chi connectivity index (χ1n) is 7.24. The van der Waals surface area contributed by atoms with Crippen molar-refractivity contribution >= 4 is 5.91 Å². The van der Waals surface area contributed by atoms with Gasteiger partial charge in [0.25, 0.3) is 5.91 Å². The van der Waals surface area contributed by atoms with Gasteiger partial charge in [0.05, 0.1) is 25.3 Å². The number of carbonyl (C=O) groups excluding carboxylic acids is 1. The van der Waals surface area contributed by atoms with Crippen molar-refractivity contribution in [2.24, 2.45) is 0 Å². The lowest BCUT2D eigenvalue weighted by atomic mass is 10.2. The van der Waals surface area contributed by atoms with Gasteiger partial charge in [-0.3, -0.25) is 4.79 Å². The Balaban J connectivity index is 1.82. The highest BCUT2D eigenvalue weighted by atomic mass is 16.5. The van der Waals surface area contributed by atoms with Crippen molar-refractivity contribution in [2.45, 2.75) is 0 Å².